The molecule has 1 fully saturated rings. The van der Waals surface area contributed by atoms with Gasteiger partial charge in [0.2, 0.25) is 0 Å². The zero-order valence-electron chi connectivity index (χ0n) is 12.7. The van der Waals surface area contributed by atoms with Gasteiger partial charge in [0.25, 0.3) is 0 Å². The molecule has 2 unspecified atom stereocenters. The third-order valence-electron chi connectivity index (χ3n) is 4.48. The molecular formula is C15H26BrN3O. The first-order valence-electron chi connectivity index (χ1n) is 7.59. The standard InChI is InChI=1S/C15H26BrN3O/c1-4-19-13(14(16)12(3)18-19)9-17-15(10-20)7-5-6-11(2)8-15/h11,17,20H,4-10H2,1-3H3. The first-order valence-corrected chi connectivity index (χ1v) is 8.38. The fourth-order valence-electron chi connectivity index (χ4n) is 3.33. The molecule has 20 heavy (non-hydrogen) atoms. The SMILES string of the molecule is CCn1nc(C)c(Br)c1CNC1(CO)CCCC(C)C1. The number of rotatable bonds is 5. The van der Waals surface area contributed by atoms with Gasteiger partial charge in [-0.1, -0.05) is 19.8 Å². The second-order valence-corrected chi connectivity index (χ2v) is 6.95. The second kappa shape index (κ2) is 6.58. The number of hydrogen-bond donors (Lipinski definition) is 2. The van der Waals surface area contributed by atoms with Gasteiger partial charge in [-0.25, -0.2) is 0 Å². The van der Waals surface area contributed by atoms with Gasteiger partial charge in [-0.3, -0.25) is 4.68 Å². The van der Waals surface area contributed by atoms with Crippen LogP contribution in [0.1, 0.15) is 50.9 Å². The van der Waals surface area contributed by atoms with E-state index in [-0.39, 0.29) is 12.1 Å². The van der Waals surface area contributed by atoms with Crippen molar-refractivity contribution in [1.82, 2.24) is 15.1 Å². The summed E-state index contributed by atoms with van der Waals surface area (Å²) in [5.74, 6) is 0.685. The quantitative estimate of drug-likeness (QED) is 0.863. The Kier molecular flexibility index (Phi) is 5.26. The van der Waals surface area contributed by atoms with Crippen LogP contribution in [-0.2, 0) is 13.1 Å². The minimum atomic E-state index is -0.117. The summed E-state index contributed by atoms with van der Waals surface area (Å²) in [6.45, 7) is 8.24. The second-order valence-electron chi connectivity index (χ2n) is 6.16. The van der Waals surface area contributed by atoms with Crippen molar-refractivity contribution in [1.29, 1.82) is 0 Å². The van der Waals surface area contributed by atoms with Gasteiger partial charge in [0.1, 0.15) is 0 Å². The molecule has 2 N–H and O–H groups in total. The van der Waals surface area contributed by atoms with Crippen LogP contribution in [0.5, 0.6) is 0 Å². The Balaban J connectivity index is 2.10. The molecule has 0 spiro atoms. The van der Waals surface area contributed by atoms with Crippen LogP contribution in [-0.4, -0.2) is 27.0 Å². The van der Waals surface area contributed by atoms with E-state index in [9.17, 15) is 5.11 Å². The highest BCUT2D eigenvalue weighted by molar-refractivity contribution is 9.10. The first kappa shape index (κ1) is 16.0. The normalized spacial score (nSPS) is 26.9. The average Bonchev–Trinajstić information content (AvgIpc) is 2.72. The van der Waals surface area contributed by atoms with E-state index in [0.717, 1.165) is 36.1 Å². The fraction of sp³-hybridized carbons (Fsp3) is 0.800. The highest BCUT2D eigenvalue weighted by atomic mass is 79.9. The Bertz CT molecular complexity index is 460. The van der Waals surface area contributed by atoms with Crippen molar-refractivity contribution in [3.63, 3.8) is 0 Å². The molecule has 114 valence electrons. The van der Waals surface area contributed by atoms with E-state index in [0.29, 0.717) is 5.92 Å². The van der Waals surface area contributed by atoms with Crippen molar-refractivity contribution in [3.05, 3.63) is 15.9 Å². The third kappa shape index (κ3) is 3.26. The molecule has 0 saturated heterocycles. The zero-order chi connectivity index (χ0) is 14.8. The smallest absolute Gasteiger partial charge is 0.0739 e. The van der Waals surface area contributed by atoms with E-state index in [1.54, 1.807) is 0 Å². The van der Waals surface area contributed by atoms with Crippen LogP contribution in [0.3, 0.4) is 0 Å². The lowest BCUT2D eigenvalue weighted by atomic mass is 9.77. The first-order chi connectivity index (χ1) is 9.51. The van der Waals surface area contributed by atoms with Crippen molar-refractivity contribution >= 4 is 15.9 Å². The molecule has 1 aromatic rings. The number of aliphatic hydroxyl groups excluding tert-OH is 1. The summed E-state index contributed by atoms with van der Waals surface area (Å²) in [6.07, 6.45) is 4.59. The average molecular weight is 344 g/mol. The van der Waals surface area contributed by atoms with Crippen molar-refractivity contribution in [2.75, 3.05) is 6.61 Å². The highest BCUT2D eigenvalue weighted by Crippen LogP contribution is 2.32. The molecule has 4 nitrogen and oxygen atoms in total. The Morgan fingerprint density at radius 1 is 1.55 bits per heavy atom. The van der Waals surface area contributed by atoms with Gasteiger partial charge in [0.15, 0.2) is 0 Å². The molecule has 1 saturated carbocycles. The number of aliphatic hydroxyl groups is 1. The lowest BCUT2D eigenvalue weighted by Gasteiger charge is -2.39. The minimum absolute atomic E-state index is 0.117. The lowest BCUT2D eigenvalue weighted by molar-refractivity contribution is 0.0974. The predicted octanol–water partition coefficient (Wildman–Crippen LogP) is 3.00. The number of aromatic nitrogens is 2. The summed E-state index contributed by atoms with van der Waals surface area (Å²) in [4.78, 5) is 0. The topological polar surface area (TPSA) is 50.1 Å². The van der Waals surface area contributed by atoms with E-state index in [2.05, 4.69) is 40.2 Å². The summed E-state index contributed by atoms with van der Waals surface area (Å²) in [7, 11) is 0. The summed E-state index contributed by atoms with van der Waals surface area (Å²) >= 11 is 3.63. The van der Waals surface area contributed by atoms with Crippen molar-refractivity contribution < 1.29 is 5.11 Å². The molecule has 0 aliphatic heterocycles. The number of aryl methyl sites for hydroxylation is 2. The van der Waals surface area contributed by atoms with Crippen LogP contribution in [0.15, 0.2) is 4.47 Å². The van der Waals surface area contributed by atoms with Crippen molar-refractivity contribution in [3.8, 4) is 0 Å². The van der Waals surface area contributed by atoms with Gasteiger partial charge < -0.3 is 10.4 Å². The van der Waals surface area contributed by atoms with E-state index in [1.165, 1.54) is 18.5 Å². The molecule has 2 rings (SSSR count). The van der Waals surface area contributed by atoms with Crippen LogP contribution in [0.4, 0.5) is 0 Å². The number of nitrogens with one attached hydrogen (secondary N) is 1. The Morgan fingerprint density at radius 2 is 2.30 bits per heavy atom. The van der Waals surface area contributed by atoms with Crippen LogP contribution in [0.2, 0.25) is 0 Å². The van der Waals surface area contributed by atoms with Gasteiger partial charge in [-0.05, 0) is 48.5 Å². The summed E-state index contributed by atoms with van der Waals surface area (Å²) in [5.41, 5.74) is 2.09. The maximum Gasteiger partial charge on any atom is 0.0739 e. The maximum atomic E-state index is 9.84. The number of nitrogens with zero attached hydrogens (tertiary/aromatic N) is 2. The number of halogens is 1. The molecular weight excluding hydrogens is 318 g/mol. The summed E-state index contributed by atoms with van der Waals surface area (Å²) < 4.78 is 3.12. The molecule has 0 aromatic carbocycles. The van der Waals surface area contributed by atoms with Crippen LogP contribution in [0, 0.1) is 12.8 Å². The van der Waals surface area contributed by atoms with Crippen molar-refractivity contribution in [2.24, 2.45) is 5.92 Å². The molecule has 1 aliphatic carbocycles. The highest BCUT2D eigenvalue weighted by Gasteiger charge is 2.34. The van der Waals surface area contributed by atoms with E-state index in [1.807, 2.05) is 11.6 Å². The van der Waals surface area contributed by atoms with Crippen LogP contribution >= 0.6 is 15.9 Å². The van der Waals surface area contributed by atoms with Crippen LogP contribution in [0.25, 0.3) is 0 Å². The van der Waals surface area contributed by atoms with Gasteiger partial charge in [0, 0.05) is 18.6 Å². The molecule has 5 heteroatoms. The molecule has 0 radical (unpaired) electrons. The van der Waals surface area contributed by atoms with Gasteiger partial charge in [-0.15, -0.1) is 0 Å². The molecule has 2 atom stereocenters. The zero-order valence-corrected chi connectivity index (χ0v) is 14.3. The number of hydrogen-bond acceptors (Lipinski definition) is 3. The Hall–Kier alpha value is -0.390. The minimum Gasteiger partial charge on any atom is -0.394 e. The summed E-state index contributed by atoms with van der Waals surface area (Å²) in [6, 6.07) is 0. The molecule has 1 aromatic heterocycles. The van der Waals surface area contributed by atoms with Gasteiger partial charge in [-0.2, -0.15) is 5.10 Å². The monoisotopic (exact) mass is 343 g/mol. The lowest BCUT2D eigenvalue weighted by Crippen LogP contribution is -2.51. The van der Waals surface area contributed by atoms with E-state index >= 15 is 0 Å². The summed E-state index contributed by atoms with van der Waals surface area (Å²) in [5, 5.41) is 18.0. The molecule has 1 heterocycles. The van der Waals surface area contributed by atoms with Crippen molar-refractivity contribution in [2.45, 2.75) is 65.1 Å². The van der Waals surface area contributed by atoms with E-state index in [4.69, 9.17) is 0 Å². The Labute approximate surface area is 130 Å². The van der Waals surface area contributed by atoms with Gasteiger partial charge >= 0.3 is 0 Å². The maximum absolute atomic E-state index is 9.84. The molecule has 0 bridgehead atoms. The van der Waals surface area contributed by atoms with Crippen LogP contribution < -0.4 is 5.32 Å². The fourth-order valence-corrected chi connectivity index (χ4v) is 3.75. The largest absolute Gasteiger partial charge is 0.394 e. The predicted molar refractivity (Wildman–Crippen MR) is 84.6 cm³/mol. The van der Waals surface area contributed by atoms with E-state index < -0.39 is 0 Å². The molecule has 0 amide bonds. The third-order valence-corrected chi connectivity index (χ3v) is 5.51. The van der Waals surface area contributed by atoms with Gasteiger partial charge in [0.05, 0.1) is 22.5 Å². The Morgan fingerprint density at radius 3 is 2.90 bits per heavy atom. The molecule has 1 aliphatic rings.